The number of aryl methyl sites for hydroxylation is 2. The van der Waals surface area contributed by atoms with Gasteiger partial charge in [0.05, 0.1) is 0 Å². The number of amides is 2. The smallest absolute Gasteiger partial charge is 0.219 e. The Bertz CT molecular complexity index is 1680. The van der Waals surface area contributed by atoms with Crippen LogP contribution in [0.1, 0.15) is 93.9 Å². The average molecular weight is 804 g/mol. The zero-order valence-electron chi connectivity index (χ0n) is 35.9. The molecule has 318 valence electrons. The number of anilines is 2. The first kappa shape index (κ1) is 48.1. The lowest BCUT2D eigenvalue weighted by Crippen LogP contribution is -2.32. The molecule has 59 heavy (non-hydrogen) atoms. The van der Waals surface area contributed by atoms with Crippen molar-refractivity contribution >= 4 is 47.5 Å². The van der Waals surface area contributed by atoms with Crippen LogP contribution in [0.4, 0.5) is 11.4 Å². The first-order chi connectivity index (χ1) is 28.1. The molecule has 0 radical (unpaired) electrons. The first-order valence-electron chi connectivity index (χ1n) is 21.3. The first-order valence-corrected chi connectivity index (χ1v) is 21.3. The number of pyridine rings is 2. The molecule has 0 aliphatic carbocycles. The summed E-state index contributed by atoms with van der Waals surface area (Å²) in [5, 5.41) is 6.16. The van der Waals surface area contributed by atoms with Gasteiger partial charge in [-0.15, -0.1) is 0 Å². The molecule has 0 unspecified atom stereocenters. The van der Waals surface area contributed by atoms with Crippen molar-refractivity contribution in [1.82, 2.24) is 15.5 Å². The van der Waals surface area contributed by atoms with E-state index in [1.807, 2.05) is 0 Å². The summed E-state index contributed by atoms with van der Waals surface area (Å²) in [7, 11) is 10.3. The van der Waals surface area contributed by atoms with E-state index in [0.717, 1.165) is 77.5 Å². The van der Waals surface area contributed by atoms with Gasteiger partial charge in [0.2, 0.25) is 11.8 Å². The molecule has 4 rings (SSSR count). The molecule has 0 aliphatic heterocycles. The van der Waals surface area contributed by atoms with E-state index in [1.165, 1.54) is 33.6 Å². The molecular weight excluding hydrogens is 731 g/mol. The number of carbonyl (C=O) groups excluding carboxylic acids is 2. The number of rotatable bonds is 26. The zero-order valence-corrected chi connectivity index (χ0v) is 35.9. The quantitative estimate of drug-likeness (QED) is 0.0496. The van der Waals surface area contributed by atoms with Crippen molar-refractivity contribution in [3.8, 4) is 0 Å². The highest BCUT2D eigenvalue weighted by Crippen LogP contribution is 2.16. The summed E-state index contributed by atoms with van der Waals surface area (Å²) in [6.07, 6.45) is 26.1. The van der Waals surface area contributed by atoms with Crippen molar-refractivity contribution in [3.63, 3.8) is 0 Å². The van der Waals surface area contributed by atoms with Crippen molar-refractivity contribution in [3.05, 3.63) is 120 Å². The van der Waals surface area contributed by atoms with Crippen LogP contribution in [-0.4, -0.2) is 78.1 Å². The van der Waals surface area contributed by atoms with Gasteiger partial charge in [0.25, 0.3) is 0 Å². The van der Waals surface area contributed by atoms with Crippen molar-refractivity contribution in [2.45, 2.75) is 84.7 Å². The van der Waals surface area contributed by atoms with Crippen LogP contribution in [-0.2, 0) is 22.7 Å². The summed E-state index contributed by atoms with van der Waals surface area (Å²) in [5.41, 5.74) is 7.13. The molecule has 0 spiro atoms. The Hall–Kier alpha value is -5.28. The third-order valence-electron chi connectivity index (χ3n) is 10.3. The summed E-state index contributed by atoms with van der Waals surface area (Å²) in [6, 6.07) is 25.7. The van der Waals surface area contributed by atoms with Crippen LogP contribution in [0.3, 0.4) is 0 Å². The second-order valence-corrected chi connectivity index (χ2v) is 15.7. The number of nitrogens with zero attached hydrogens (tertiary/aromatic N) is 5. The lowest BCUT2D eigenvalue weighted by molar-refractivity contribution is -0.697. The lowest BCUT2D eigenvalue weighted by Gasteiger charge is -2.16. The highest BCUT2D eigenvalue weighted by molar-refractivity contribution is 5.76. The molecule has 2 amide bonds. The van der Waals surface area contributed by atoms with Crippen LogP contribution in [0.15, 0.2) is 97.6 Å². The van der Waals surface area contributed by atoms with Gasteiger partial charge in [-0.1, -0.05) is 56.0 Å². The minimum absolute atomic E-state index is 0. The molecule has 2 aromatic heterocycles. The Balaban J connectivity index is 0.00000930. The largest absolute Gasteiger partial charge is 0.378 e. The third-order valence-corrected chi connectivity index (χ3v) is 10.3. The van der Waals surface area contributed by atoms with Gasteiger partial charge in [0.15, 0.2) is 24.8 Å². The van der Waals surface area contributed by atoms with Crippen molar-refractivity contribution in [1.29, 1.82) is 0 Å². The topological polar surface area (TPSA) is 75.7 Å². The van der Waals surface area contributed by atoms with Crippen molar-refractivity contribution in [2.75, 3.05) is 71.2 Å². The van der Waals surface area contributed by atoms with Crippen molar-refractivity contribution in [2.24, 2.45) is 0 Å². The van der Waals surface area contributed by atoms with Gasteiger partial charge in [-0.05, 0) is 105 Å². The number of hydrogen-bond donors (Lipinski definition) is 2. The van der Waals surface area contributed by atoms with E-state index in [9.17, 15) is 9.59 Å². The summed E-state index contributed by atoms with van der Waals surface area (Å²) in [5.74, 6) is 0.287. The lowest BCUT2D eigenvalue weighted by atomic mass is 10.1. The van der Waals surface area contributed by atoms with E-state index < -0.39 is 0 Å². The van der Waals surface area contributed by atoms with E-state index in [4.69, 9.17) is 0 Å². The second kappa shape index (κ2) is 27.4. The number of unbranched alkanes of at least 4 members (excludes halogenated alkanes) is 4. The summed E-state index contributed by atoms with van der Waals surface area (Å²) in [6.45, 7) is 5.16. The van der Waals surface area contributed by atoms with Gasteiger partial charge < -0.3 is 25.3 Å². The maximum atomic E-state index is 12.3. The molecule has 0 saturated heterocycles. The van der Waals surface area contributed by atoms with E-state index in [0.29, 0.717) is 25.9 Å². The number of aromatic nitrogens is 2. The highest BCUT2D eigenvalue weighted by Gasteiger charge is 2.07. The predicted molar refractivity (Wildman–Crippen MR) is 249 cm³/mol. The van der Waals surface area contributed by atoms with Gasteiger partial charge in [0, 0.05) is 103 Å². The predicted octanol–water partition coefficient (Wildman–Crippen LogP) is 8.14. The molecule has 0 bridgehead atoms. The van der Waals surface area contributed by atoms with Gasteiger partial charge >= 0.3 is 0 Å². The van der Waals surface area contributed by atoms with Crippen LogP contribution in [0.5, 0.6) is 0 Å². The molecule has 9 nitrogen and oxygen atoms in total. The fourth-order valence-corrected chi connectivity index (χ4v) is 6.57. The van der Waals surface area contributed by atoms with Crippen LogP contribution in [0.25, 0.3) is 24.3 Å². The number of hydrogen-bond acceptors (Lipinski definition) is 5. The maximum Gasteiger partial charge on any atom is 0.219 e. The Kier molecular flexibility index (Phi) is 22.3. The number of carbonyl (C=O) groups is 2. The molecule has 0 atom stereocenters. The molecular formula is C50H73N7O2+2. The van der Waals surface area contributed by atoms with E-state index >= 15 is 0 Å². The summed E-state index contributed by atoms with van der Waals surface area (Å²) in [4.78, 5) is 31.1. The molecule has 0 aliphatic rings. The minimum atomic E-state index is 0. The summed E-state index contributed by atoms with van der Waals surface area (Å²) < 4.78 is 4.42. The van der Waals surface area contributed by atoms with Gasteiger partial charge in [-0.3, -0.25) is 9.59 Å². The minimum Gasteiger partial charge on any atom is -0.378 e. The van der Waals surface area contributed by atoms with Crippen LogP contribution < -0.4 is 29.6 Å². The highest BCUT2D eigenvalue weighted by atomic mass is 16.2. The van der Waals surface area contributed by atoms with Gasteiger partial charge in [0.1, 0.15) is 13.1 Å². The van der Waals surface area contributed by atoms with Crippen molar-refractivity contribution < 1.29 is 18.7 Å². The Labute approximate surface area is 356 Å². The fraction of sp³-hybridized carbons (Fsp3) is 0.440. The normalized spacial score (nSPS) is 11.2. The molecule has 0 saturated carbocycles. The maximum absolute atomic E-state index is 12.3. The van der Waals surface area contributed by atoms with Gasteiger partial charge in [-0.25, -0.2) is 9.13 Å². The third kappa shape index (κ3) is 19.8. The van der Waals surface area contributed by atoms with Gasteiger partial charge in [-0.2, -0.15) is 0 Å². The fourth-order valence-electron chi connectivity index (χ4n) is 6.57. The van der Waals surface area contributed by atoms with E-state index in [1.54, 1.807) is 0 Å². The standard InChI is InChI=1S/C49H67N7O2.CH4/c1-52(2)46-24-20-42(21-25-46)16-18-44-28-38-55(39-29-44)36-10-6-8-14-48(57)50-32-12-34-54(5)35-13-33-51-49(58)15-9-7-11-37-56-40-30-45(31-41-56)19-17-43-22-26-47(27-23-43)53(3)4;/h16-31,38-41H,6-15,32-37H2,1-5H3;1H4/p+2. The SMILES string of the molecule is C.CN(CCCNC(=O)CCCCC[n+]1ccc(C=Cc2ccc(N(C)C)cc2)cc1)CCCNC(=O)CCCCC[n+]1ccc(C=Cc2ccc(N(C)C)cc2)cc1. The summed E-state index contributed by atoms with van der Waals surface area (Å²) >= 11 is 0. The molecule has 4 aromatic rings. The van der Waals surface area contributed by atoms with Crippen LogP contribution >= 0.6 is 0 Å². The number of benzene rings is 2. The van der Waals surface area contributed by atoms with Crippen LogP contribution in [0, 0.1) is 0 Å². The monoisotopic (exact) mass is 804 g/mol. The molecule has 2 heterocycles. The number of nitrogens with one attached hydrogen (secondary N) is 2. The average Bonchev–Trinajstić information content (AvgIpc) is 3.23. The molecule has 9 heteroatoms. The van der Waals surface area contributed by atoms with E-state index in [2.05, 4.69) is 192 Å². The zero-order chi connectivity index (χ0) is 41.4. The molecule has 2 aromatic carbocycles. The molecule has 0 fully saturated rings. The second-order valence-electron chi connectivity index (χ2n) is 15.7. The molecule has 2 N–H and O–H groups in total. The Morgan fingerprint density at radius 1 is 0.475 bits per heavy atom. The Morgan fingerprint density at radius 2 is 0.814 bits per heavy atom. The Morgan fingerprint density at radius 3 is 1.15 bits per heavy atom. The van der Waals surface area contributed by atoms with Crippen LogP contribution in [0.2, 0.25) is 0 Å². The van der Waals surface area contributed by atoms with E-state index in [-0.39, 0.29) is 19.2 Å².